The lowest BCUT2D eigenvalue weighted by molar-refractivity contribution is -0.384. The first-order valence-electron chi connectivity index (χ1n) is 8.83. The highest BCUT2D eigenvalue weighted by molar-refractivity contribution is 7.89. The number of anilines is 1. The number of benzene rings is 2. The van der Waals surface area contributed by atoms with Gasteiger partial charge in [-0.05, 0) is 44.0 Å². The summed E-state index contributed by atoms with van der Waals surface area (Å²) in [6.07, 6.45) is 1.03. The molecule has 0 radical (unpaired) electrons. The van der Waals surface area contributed by atoms with Gasteiger partial charge in [0.05, 0.1) is 21.5 Å². The number of nitrogens with zero attached hydrogens (tertiary/aromatic N) is 3. The van der Waals surface area contributed by atoms with E-state index in [0.29, 0.717) is 31.5 Å². The third-order valence-electron chi connectivity index (χ3n) is 4.79. The van der Waals surface area contributed by atoms with E-state index in [9.17, 15) is 18.5 Å². The summed E-state index contributed by atoms with van der Waals surface area (Å²) in [5, 5.41) is 23.4. The molecule has 146 valence electrons. The van der Waals surface area contributed by atoms with Gasteiger partial charge in [-0.15, -0.1) is 0 Å². The van der Waals surface area contributed by atoms with Crippen LogP contribution in [0.15, 0.2) is 47.4 Å². The van der Waals surface area contributed by atoms with Gasteiger partial charge in [-0.25, -0.2) is 8.42 Å². The van der Waals surface area contributed by atoms with Crippen LogP contribution in [-0.2, 0) is 10.0 Å². The highest BCUT2D eigenvalue weighted by Crippen LogP contribution is 2.29. The molecule has 0 atom stereocenters. The minimum absolute atomic E-state index is 0.103. The second kappa shape index (κ2) is 7.96. The minimum atomic E-state index is -3.55. The molecule has 0 aliphatic carbocycles. The number of nitrogens with one attached hydrogen (secondary N) is 1. The standard InChI is InChI=1S/C19H20N4O4S/c1-14-2-5-17(6-3-14)28(26,27)22-10-8-16(9-11-22)21-18-12-15(13-20)4-7-19(18)23(24)25/h2-7,12,16,21H,8-11H2,1H3. The second-order valence-electron chi connectivity index (χ2n) is 6.74. The van der Waals surface area contributed by atoms with Gasteiger partial charge in [-0.2, -0.15) is 9.57 Å². The molecule has 1 aliphatic heterocycles. The van der Waals surface area contributed by atoms with E-state index in [1.165, 1.54) is 22.5 Å². The summed E-state index contributed by atoms with van der Waals surface area (Å²) in [7, 11) is -3.55. The molecule has 1 heterocycles. The number of nitriles is 1. The number of aryl methyl sites for hydroxylation is 1. The van der Waals surface area contributed by atoms with E-state index in [1.807, 2.05) is 13.0 Å². The van der Waals surface area contributed by atoms with E-state index in [2.05, 4.69) is 5.32 Å². The van der Waals surface area contributed by atoms with Crippen LogP contribution in [0.5, 0.6) is 0 Å². The third-order valence-corrected chi connectivity index (χ3v) is 6.71. The molecule has 0 spiro atoms. The van der Waals surface area contributed by atoms with Crippen molar-refractivity contribution < 1.29 is 13.3 Å². The first-order valence-corrected chi connectivity index (χ1v) is 10.3. The molecule has 0 aromatic heterocycles. The maximum absolute atomic E-state index is 12.8. The number of rotatable bonds is 5. The van der Waals surface area contributed by atoms with Crippen molar-refractivity contribution in [1.29, 1.82) is 5.26 Å². The molecule has 1 N–H and O–H groups in total. The highest BCUT2D eigenvalue weighted by Gasteiger charge is 2.30. The summed E-state index contributed by atoms with van der Waals surface area (Å²) < 4.78 is 27.0. The van der Waals surface area contributed by atoms with Crippen LogP contribution in [0.3, 0.4) is 0 Å². The van der Waals surface area contributed by atoms with Crippen molar-refractivity contribution in [2.75, 3.05) is 18.4 Å². The molecular weight excluding hydrogens is 380 g/mol. The normalized spacial score (nSPS) is 15.7. The molecular formula is C19H20N4O4S. The molecule has 0 unspecified atom stereocenters. The molecule has 0 bridgehead atoms. The van der Waals surface area contributed by atoms with Gasteiger partial charge >= 0.3 is 0 Å². The van der Waals surface area contributed by atoms with Crippen molar-refractivity contribution >= 4 is 21.4 Å². The number of hydrogen-bond acceptors (Lipinski definition) is 6. The van der Waals surface area contributed by atoms with Gasteiger partial charge in [0, 0.05) is 25.2 Å². The Hall–Kier alpha value is -2.96. The second-order valence-corrected chi connectivity index (χ2v) is 8.67. The summed E-state index contributed by atoms with van der Waals surface area (Å²) in [4.78, 5) is 11.0. The van der Waals surface area contributed by atoms with Crippen molar-refractivity contribution in [3.05, 3.63) is 63.7 Å². The van der Waals surface area contributed by atoms with Gasteiger partial charge in [0.25, 0.3) is 5.69 Å². The fourth-order valence-electron chi connectivity index (χ4n) is 3.20. The molecule has 1 fully saturated rings. The molecule has 0 saturated carbocycles. The van der Waals surface area contributed by atoms with E-state index < -0.39 is 14.9 Å². The molecule has 3 rings (SSSR count). The number of nitro groups is 1. The molecule has 2 aromatic rings. The number of hydrogen-bond donors (Lipinski definition) is 1. The number of piperidine rings is 1. The number of nitro benzene ring substituents is 1. The lowest BCUT2D eigenvalue weighted by atomic mass is 10.1. The molecule has 28 heavy (non-hydrogen) atoms. The Morgan fingerprint density at radius 3 is 2.39 bits per heavy atom. The molecule has 0 amide bonds. The summed E-state index contributed by atoms with van der Waals surface area (Å²) >= 11 is 0. The molecule has 1 saturated heterocycles. The van der Waals surface area contributed by atoms with Crippen molar-refractivity contribution in [2.45, 2.75) is 30.7 Å². The van der Waals surface area contributed by atoms with E-state index in [0.717, 1.165) is 5.56 Å². The van der Waals surface area contributed by atoms with Crippen molar-refractivity contribution in [3.63, 3.8) is 0 Å². The average molecular weight is 400 g/mol. The summed E-state index contributed by atoms with van der Waals surface area (Å²) in [5.41, 5.74) is 1.49. The van der Waals surface area contributed by atoms with Gasteiger partial charge in [0.1, 0.15) is 5.69 Å². The monoisotopic (exact) mass is 400 g/mol. The average Bonchev–Trinajstić information content (AvgIpc) is 2.68. The number of sulfonamides is 1. The first-order chi connectivity index (χ1) is 13.3. The van der Waals surface area contributed by atoms with E-state index in [1.54, 1.807) is 24.3 Å². The van der Waals surface area contributed by atoms with Crippen LogP contribution < -0.4 is 5.32 Å². The zero-order chi connectivity index (χ0) is 20.3. The Kier molecular flexibility index (Phi) is 5.63. The Morgan fingerprint density at radius 2 is 1.82 bits per heavy atom. The fourth-order valence-corrected chi connectivity index (χ4v) is 4.67. The fraction of sp³-hybridized carbons (Fsp3) is 0.316. The quantitative estimate of drug-likeness (QED) is 0.609. The third kappa shape index (κ3) is 4.13. The van der Waals surface area contributed by atoms with Crippen LogP contribution >= 0.6 is 0 Å². The Balaban J connectivity index is 1.70. The zero-order valence-corrected chi connectivity index (χ0v) is 16.1. The van der Waals surface area contributed by atoms with Crippen LogP contribution in [0.2, 0.25) is 0 Å². The highest BCUT2D eigenvalue weighted by atomic mass is 32.2. The Bertz CT molecular complexity index is 1020. The van der Waals surface area contributed by atoms with Crippen LogP contribution in [0.1, 0.15) is 24.0 Å². The largest absolute Gasteiger partial charge is 0.377 e. The predicted molar refractivity (Wildman–Crippen MR) is 104 cm³/mol. The maximum atomic E-state index is 12.8. The molecule has 8 nitrogen and oxygen atoms in total. The zero-order valence-electron chi connectivity index (χ0n) is 15.3. The van der Waals surface area contributed by atoms with Crippen LogP contribution in [-0.4, -0.2) is 36.8 Å². The Labute approximate surface area is 163 Å². The maximum Gasteiger partial charge on any atom is 0.292 e. The van der Waals surface area contributed by atoms with Crippen LogP contribution in [0.4, 0.5) is 11.4 Å². The van der Waals surface area contributed by atoms with Crippen molar-refractivity contribution in [3.8, 4) is 6.07 Å². The molecule has 2 aromatic carbocycles. The van der Waals surface area contributed by atoms with Crippen molar-refractivity contribution in [2.24, 2.45) is 0 Å². The van der Waals surface area contributed by atoms with Crippen LogP contribution in [0, 0.1) is 28.4 Å². The van der Waals surface area contributed by atoms with Gasteiger partial charge in [0.2, 0.25) is 10.0 Å². The summed E-state index contributed by atoms with van der Waals surface area (Å²) in [6.45, 7) is 2.54. The Morgan fingerprint density at radius 1 is 1.18 bits per heavy atom. The SMILES string of the molecule is Cc1ccc(S(=O)(=O)N2CCC(Nc3cc(C#N)ccc3[N+](=O)[O-])CC2)cc1. The topological polar surface area (TPSA) is 116 Å². The van der Waals surface area contributed by atoms with E-state index in [4.69, 9.17) is 5.26 Å². The van der Waals surface area contributed by atoms with Crippen LogP contribution in [0.25, 0.3) is 0 Å². The smallest absolute Gasteiger partial charge is 0.292 e. The predicted octanol–water partition coefficient (Wildman–Crippen LogP) is 3.04. The lowest BCUT2D eigenvalue weighted by Crippen LogP contribution is -2.42. The van der Waals surface area contributed by atoms with Gasteiger partial charge < -0.3 is 5.32 Å². The van der Waals surface area contributed by atoms with Gasteiger partial charge in [-0.1, -0.05) is 17.7 Å². The van der Waals surface area contributed by atoms with Gasteiger partial charge in [0.15, 0.2) is 0 Å². The first kappa shape index (κ1) is 19.8. The molecule has 1 aliphatic rings. The van der Waals surface area contributed by atoms with Gasteiger partial charge in [-0.3, -0.25) is 10.1 Å². The van der Waals surface area contributed by atoms with Crippen molar-refractivity contribution in [1.82, 2.24) is 4.31 Å². The summed E-state index contributed by atoms with van der Waals surface area (Å²) in [6, 6.07) is 12.8. The van der Waals surface area contributed by atoms with E-state index >= 15 is 0 Å². The summed E-state index contributed by atoms with van der Waals surface area (Å²) in [5.74, 6) is 0. The lowest BCUT2D eigenvalue weighted by Gasteiger charge is -2.32. The minimum Gasteiger partial charge on any atom is -0.377 e. The van der Waals surface area contributed by atoms with E-state index in [-0.39, 0.29) is 22.3 Å². The molecule has 9 heteroatoms.